The number of hydrogen-bond donors (Lipinski definition) is 2. The Labute approximate surface area is 112 Å². The Morgan fingerprint density at radius 1 is 1.26 bits per heavy atom. The van der Waals surface area contributed by atoms with Crippen LogP contribution >= 0.6 is 0 Å². The van der Waals surface area contributed by atoms with Gasteiger partial charge in [-0.25, -0.2) is 4.79 Å². The van der Waals surface area contributed by atoms with E-state index in [2.05, 4.69) is 5.32 Å². The molecule has 0 radical (unpaired) electrons. The van der Waals surface area contributed by atoms with E-state index in [1.807, 2.05) is 45.0 Å². The molecule has 100 valence electrons. The van der Waals surface area contributed by atoms with Gasteiger partial charge < -0.3 is 10.4 Å². The van der Waals surface area contributed by atoms with Crippen LogP contribution < -0.4 is 5.32 Å². The highest BCUT2D eigenvalue weighted by Gasteiger charge is 2.04. The molecule has 0 fully saturated rings. The molecule has 1 amide bonds. The topological polar surface area (TPSA) is 66.4 Å². The molecule has 0 heterocycles. The number of rotatable bonds is 4. The number of carboxylic acid groups (broad SMARTS) is 1. The maximum Gasteiger partial charge on any atom is 0.328 e. The van der Waals surface area contributed by atoms with Gasteiger partial charge in [0.2, 0.25) is 5.91 Å². The highest BCUT2D eigenvalue weighted by atomic mass is 16.4. The van der Waals surface area contributed by atoms with Gasteiger partial charge >= 0.3 is 5.97 Å². The van der Waals surface area contributed by atoms with Gasteiger partial charge in [-0.2, -0.15) is 0 Å². The molecular weight excluding hydrogens is 242 g/mol. The first-order valence-corrected chi connectivity index (χ1v) is 5.90. The van der Waals surface area contributed by atoms with E-state index in [9.17, 15) is 9.59 Å². The molecule has 0 saturated carbocycles. The lowest BCUT2D eigenvalue weighted by atomic mass is 10.0. The van der Waals surface area contributed by atoms with E-state index >= 15 is 0 Å². The van der Waals surface area contributed by atoms with Crippen LogP contribution in [0.5, 0.6) is 0 Å². The smallest absolute Gasteiger partial charge is 0.328 e. The number of aliphatic carboxylic acids is 1. The third-order valence-electron chi connectivity index (χ3n) is 2.75. The second-order valence-corrected chi connectivity index (χ2v) is 4.16. The summed E-state index contributed by atoms with van der Waals surface area (Å²) in [5.41, 5.74) is 3.86. The maximum atomic E-state index is 11.5. The Kier molecular flexibility index (Phi) is 5.06. The molecule has 1 aromatic rings. The van der Waals surface area contributed by atoms with Gasteiger partial charge in [0.15, 0.2) is 0 Å². The Balaban J connectivity index is 2.86. The molecule has 19 heavy (non-hydrogen) atoms. The fraction of sp³-hybridized carbons (Fsp3) is 0.200. The van der Waals surface area contributed by atoms with Crippen LogP contribution in [0.3, 0.4) is 0 Å². The summed E-state index contributed by atoms with van der Waals surface area (Å²) < 4.78 is 0. The van der Waals surface area contributed by atoms with Gasteiger partial charge in [0.05, 0.1) is 0 Å². The molecule has 0 aliphatic carbocycles. The zero-order valence-electron chi connectivity index (χ0n) is 11.2. The number of carboxylic acids is 1. The van der Waals surface area contributed by atoms with Crippen molar-refractivity contribution in [3.8, 4) is 0 Å². The van der Waals surface area contributed by atoms with Crippen LogP contribution in [0.2, 0.25) is 0 Å². The van der Waals surface area contributed by atoms with Crippen molar-refractivity contribution in [2.75, 3.05) is 5.32 Å². The summed E-state index contributed by atoms with van der Waals surface area (Å²) in [4.78, 5) is 21.8. The zero-order chi connectivity index (χ0) is 14.4. The number of allylic oxidation sites excluding steroid dienone is 2. The van der Waals surface area contributed by atoms with Crippen molar-refractivity contribution in [1.29, 1.82) is 0 Å². The highest BCUT2D eigenvalue weighted by Crippen LogP contribution is 2.21. The van der Waals surface area contributed by atoms with Crippen LogP contribution in [0.15, 0.2) is 36.4 Å². The lowest BCUT2D eigenvalue weighted by Gasteiger charge is -2.09. The summed E-state index contributed by atoms with van der Waals surface area (Å²) in [7, 11) is 0. The van der Waals surface area contributed by atoms with Gasteiger partial charge in [0.25, 0.3) is 0 Å². The number of hydrogen-bond acceptors (Lipinski definition) is 2. The molecule has 0 aromatic heterocycles. The molecule has 0 atom stereocenters. The first kappa shape index (κ1) is 14.7. The van der Waals surface area contributed by atoms with Crippen molar-refractivity contribution >= 4 is 23.1 Å². The van der Waals surface area contributed by atoms with Gasteiger partial charge in [-0.05, 0) is 49.6 Å². The maximum absolute atomic E-state index is 11.5. The molecular formula is C15H17NO3. The van der Waals surface area contributed by atoms with Crippen molar-refractivity contribution in [2.24, 2.45) is 0 Å². The molecule has 4 heteroatoms. The molecule has 0 spiro atoms. The third kappa shape index (κ3) is 4.43. The second-order valence-electron chi connectivity index (χ2n) is 4.16. The highest BCUT2D eigenvalue weighted by molar-refractivity contribution is 6.02. The average Bonchev–Trinajstić information content (AvgIpc) is 2.37. The van der Waals surface area contributed by atoms with Gasteiger partial charge in [0, 0.05) is 17.8 Å². The Morgan fingerprint density at radius 2 is 1.95 bits per heavy atom. The summed E-state index contributed by atoms with van der Waals surface area (Å²) >= 11 is 0. The van der Waals surface area contributed by atoms with E-state index in [0.29, 0.717) is 5.69 Å². The molecule has 4 nitrogen and oxygen atoms in total. The lowest BCUT2D eigenvalue weighted by Crippen LogP contribution is -2.09. The number of aryl methyl sites for hydroxylation is 1. The van der Waals surface area contributed by atoms with E-state index < -0.39 is 11.9 Å². The summed E-state index contributed by atoms with van der Waals surface area (Å²) in [6, 6.07) is 5.70. The van der Waals surface area contributed by atoms with Crippen LogP contribution in [0, 0.1) is 6.92 Å². The molecule has 0 saturated heterocycles. The predicted molar refractivity (Wildman–Crippen MR) is 75.9 cm³/mol. The standard InChI is InChI=1S/C15H17NO3/c1-4-10(2)12-5-6-13(11(3)9-12)16-14(17)7-8-15(18)19/h4-9H,1-3H3,(H,16,17)(H,18,19)/b8-7-,10-4?. The van der Waals surface area contributed by atoms with Crippen molar-refractivity contribution in [1.82, 2.24) is 0 Å². The first-order valence-electron chi connectivity index (χ1n) is 5.90. The minimum atomic E-state index is -1.15. The largest absolute Gasteiger partial charge is 0.478 e. The zero-order valence-corrected chi connectivity index (χ0v) is 11.2. The Bertz CT molecular complexity index is 557. The lowest BCUT2D eigenvalue weighted by molar-refractivity contribution is -0.131. The molecule has 2 N–H and O–H groups in total. The van der Waals surface area contributed by atoms with Crippen molar-refractivity contribution < 1.29 is 14.7 Å². The number of amides is 1. The van der Waals surface area contributed by atoms with E-state index in [4.69, 9.17) is 5.11 Å². The Morgan fingerprint density at radius 3 is 2.47 bits per heavy atom. The summed E-state index contributed by atoms with van der Waals surface area (Å²) in [6.07, 6.45) is 3.82. The third-order valence-corrected chi connectivity index (χ3v) is 2.75. The van der Waals surface area contributed by atoms with Gasteiger partial charge in [-0.1, -0.05) is 12.1 Å². The monoisotopic (exact) mass is 259 g/mol. The molecule has 0 bridgehead atoms. The van der Waals surface area contributed by atoms with Crippen LogP contribution in [0.25, 0.3) is 5.57 Å². The van der Waals surface area contributed by atoms with Crippen LogP contribution in [-0.2, 0) is 9.59 Å². The van der Waals surface area contributed by atoms with Gasteiger partial charge in [-0.15, -0.1) is 0 Å². The van der Waals surface area contributed by atoms with E-state index in [-0.39, 0.29) is 0 Å². The number of carbonyl (C=O) groups is 2. The SMILES string of the molecule is CC=C(C)c1ccc(NC(=O)/C=C\C(=O)O)c(C)c1. The minimum absolute atomic E-state index is 0.457. The van der Waals surface area contributed by atoms with Gasteiger partial charge in [-0.3, -0.25) is 4.79 Å². The van der Waals surface area contributed by atoms with Crippen LogP contribution in [0.1, 0.15) is 25.0 Å². The number of benzene rings is 1. The number of nitrogens with one attached hydrogen (secondary N) is 1. The summed E-state index contributed by atoms with van der Waals surface area (Å²) in [5, 5.41) is 11.1. The van der Waals surface area contributed by atoms with Crippen LogP contribution in [0.4, 0.5) is 5.69 Å². The normalized spacial score (nSPS) is 11.6. The van der Waals surface area contributed by atoms with E-state index in [1.165, 1.54) is 0 Å². The van der Waals surface area contributed by atoms with Crippen LogP contribution in [-0.4, -0.2) is 17.0 Å². The molecule has 0 aliphatic heterocycles. The molecule has 1 rings (SSSR count). The molecule has 1 aromatic carbocycles. The van der Waals surface area contributed by atoms with Gasteiger partial charge in [0.1, 0.15) is 0 Å². The quantitative estimate of drug-likeness (QED) is 0.817. The summed E-state index contributed by atoms with van der Waals surface area (Å²) in [6.45, 7) is 5.88. The molecule has 0 aliphatic rings. The predicted octanol–water partition coefficient (Wildman–Crippen LogP) is 3.00. The van der Waals surface area contributed by atoms with Crippen molar-refractivity contribution in [2.45, 2.75) is 20.8 Å². The van der Waals surface area contributed by atoms with Crippen molar-refractivity contribution in [3.63, 3.8) is 0 Å². The van der Waals surface area contributed by atoms with E-state index in [1.54, 1.807) is 0 Å². The summed E-state index contributed by atoms with van der Waals surface area (Å²) in [5.74, 6) is -1.60. The average molecular weight is 259 g/mol. The minimum Gasteiger partial charge on any atom is -0.478 e. The van der Waals surface area contributed by atoms with E-state index in [0.717, 1.165) is 28.9 Å². The van der Waals surface area contributed by atoms with Crippen molar-refractivity contribution in [3.05, 3.63) is 47.6 Å². The Hall–Kier alpha value is -2.36. The first-order chi connectivity index (χ1) is 8.93. The fourth-order valence-corrected chi connectivity index (χ4v) is 1.54. The number of carbonyl (C=O) groups excluding carboxylic acids is 1. The fourth-order valence-electron chi connectivity index (χ4n) is 1.54. The number of anilines is 1. The molecule has 0 unspecified atom stereocenters. The second kappa shape index (κ2) is 6.54.